The Labute approximate surface area is 112 Å². The number of nitrogens with one attached hydrogen (secondary N) is 1. The molecule has 96 valence electrons. The standard InChI is InChI=1S/C13H17ClN4/c1-10(2)18-13(16-9-17-18)8-15-7-11-3-5-12(14)6-4-11/h3-6,9-10,15H,7-8H2,1-2H3. The third-order valence-corrected chi connectivity index (χ3v) is 2.91. The van der Waals surface area contributed by atoms with Crippen LogP contribution in [-0.4, -0.2) is 14.8 Å². The first-order valence-electron chi connectivity index (χ1n) is 6.00. The minimum absolute atomic E-state index is 0.333. The fourth-order valence-corrected chi connectivity index (χ4v) is 1.88. The van der Waals surface area contributed by atoms with Crippen molar-refractivity contribution in [1.82, 2.24) is 20.1 Å². The van der Waals surface area contributed by atoms with E-state index in [2.05, 4.69) is 29.2 Å². The molecule has 0 amide bonds. The van der Waals surface area contributed by atoms with Gasteiger partial charge in [-0.15, -0.1) is 0 Å². The molecule has 4 nitrogen and oxygen atoms in total. The lowest BCUT2D eigenvalue weighted by molar-refractivity contribution is 0.490. The molecule has 2 aromatic rings. The summed E-state index contributed by atoms with van der Waals surface area (Å²) in [5.41, 5.74) is 1.20. The van der Waals surface area contributed by atoms with Crippen molar-refractivity contribution in [3.8, 4) is 0 Å². The molecule has 2 rings (SSSR count). The zero-order valence-electron chi connectivity index (χ0n) is 10.6. The molecule has 1 aromatic heterocycles. The van der Waals surface area contributed by atoms with Gasteiger partial charge in [-0.1, -0.05) is 23.7 Å². The summed E-state index contributed by atoms with van der Waals surface area (Å²) in [7, 11) is 0. The van der Waals surface area contributed by atoms with Crippen LogP contribution in [0.3, 0.4) is 0 Å². The Kier molecular flexibility index (Phi) is 4.33. The van der Waals surface area contributed by atoms with Gasteiger partial charge in [-0.3, -0.25) is 0 Å². The largest absolute Gasteiger partial charge is 0.306 e. The first-order valence-corrected chi connectivity index (χ1v) is 6.38. The second-order valence-corrected chi connectivity index (χ2v) is 4.88. The molecule has 5 heteroatoms. The molecule has 0 fully saturated rings. The number of hydrogen-bond donors (Lipinski definition) is 1. The van der Waals surface area contributed by atoms with Crippen LogP contribution in [0.25, 0.3) is 0 Å². The summed E-state index contributed by atoms with van der Waals surface area (Å²) in [6.45, 7) is 5.69. The highest BCUT2D eigenvalue weighted by atomic mass is 35.5. The molecule has 1 N–H and O–H groups in total. The second kappa shape index (κ2) is 5.98. The maximum absolute atomic E-state index is 5.84. The molecule has 1 aromatic carbocycles. The quantitative estimate of drug-likeness (QED) is 0.903. The highest BCUT2D eigenvalue weighted by Gasteiger charge is 2.06. The summed E-state index contributed by atoms with van der Waals surface area (Å²) in [6.07, 6.45) is 1.60. The van der Waals surface area contributed by atoms with E-state index >= 15 is 0 Å². The first-order chi connectivity index (χ1) is 8.66. The van der Waals surface area contributed by atoms with Gasteiger partial charge >= 0.3 is 0 Å². The minimum Gasteiger partial charge on any atom is -0.306 e. The van der Waals surface area contributed by atoms with E-state index in [-0.39, 0.29) is 0 Å². The third-order valence-electron chi connectivity index (χ3n) is 2.66. The van der Waals surface area contributed by atoms with Gasteiger partial charge in [0, 0.05) is 17.6 Å². The van der Waals surface area contributed by atoms with Crippen LogP contribution < -0.4 is 5.32 Å². The zero-order valence-corrected chi connectivity index (χ0v) is 11.4. The fourth-order valence-electron chi connectivity index (χ4n) is 1.75. The lowest BCUT2D eigenvalue weighted by Crippen LogP contribution is -2.18. The van der Waals surface area contributed by atoms with Crippen molar-refractivity contribution in [3.63, 3.8) is 0 Å². The number of hydrogen-bond acceptors (Lipinski definition) is 3. The SMILES string of the molecule is CC(C)n1ncnc1CNCc1ccc(Cl)cc1. The lowest BCUT2D eigenvalue weighted by atomic mass is 10.2. The summed E-state index contributed by atoms with van der Waals surface area (Å²) >= 11 is 5.84. The van der Waals surface area contributed by atoms with Crippen LogP contribution in [0.1, 0.15) is 31.3 Å². The average molecular weight is 265 g/mol. The average Bonchev–Trinajstić information content (AvgIpc) is 2.80. The number of rotatable bonds is 5. The van der Waals surface area contributed by atoms with Gasteiger partial charge in [-0.2, -0.15) is 5.10 Å². The fraction of sp³-hybridized carbons (Fsp3) is 0.385. The Morgan fingerprint density at radius 2 is 1.94 bits per heavy atom. The van der Waals surface area contributed by atoms with Crippen LogP contribution in [0.2, 0.25) is 5.02 Å². The summed E-state index contributed by atoms with van der Waals surface area (Å²) in [6, 6.07) is 8.16. The smallest absolute Gasteiger partial charge is 0.141 e. The third kappa shape index (κ3) is 3.31. The van der Waals surface area contributed by atoms with Crippen LogP contribution in [0.5, 0.6) is 0 Å². The van der Waals surface area contributed by atoms with Crippen molar-refractivity contribution >= 4 is 11.6 Å². The number of halogens is 1. The van der Waals surface area contributed by atoms with Crippen LogP contribution in [0.4, 0.5) is 0 Å². The van der Waals surface area contributed by atoms with Gasteiger partial charge in [0.25, 0.3) is 0 Å². The van der Waals surface area contributed by atoms with Gasteiger partial charge in [0.2, 0.25) is 0 Å². The molecule has 18 heavy (non-hydrogen) atoms. The lowest BCUT2D eigenvalue weighted by Gasteiger charge is -2.10. The van der Waals surface area contributed by atoms with Crippen molar-refractivity contribution in [2.24, 2.45) is 0 Å². The summed E-state index contributed by atoms with van der Waals surface area (Å²) in [5, 5.41) is 8.32. The topological polar surface area (TPSA) is 42.7 Å². The monoisotopic (exact) mass is 264 g/mol. The maximum Gasteiger partial charge on any atom is 0.141 e. The first kappa shape index (κ1) is 13.1. The molecule has 0 radical (unpaired) electrons. The predicted octanol–water partition coefficient (Wildman–Crippen LogP) is 2.80. The van der Waals surface area contributed by atoms with Gasteiger partial charge in [0.05, 0.1) is 6.54 Å². The molecule has 0 atom stereocenters. The van der Waals surface area contributed by atoms with Crippen LogP contribution in [0.15, 0.2) is 30.6 Å². The Morgan fingerprint density at radius 1 is 1.22 bits per heavy atom. The van der Waals surface area contributed by atoms with Crippen LogP contribution >= 0.6 is 11.6 Å². The van der Waals surface area contributed by atoms with Gasteiger partial charge in [0.15, 0.2) is 0 Å². The molecule has 0 aliphatic carbocycles. The number of benzene rings is 1. The molecule has 0 spiro atoms. The maximum atomic E-state index is 5.84. The Bertz CT molecular complexity index is 490. The van der Waals surface area contributed by atoms with Crippen molar-refractivity contribution in [3.05, 3.63) is 47.0 Å². The van der Waals surface area contributed by atoms with Gasteiger partial charge in [-0.25, -0.2) is 9.67 Å². The van der Waals surface area contributed by atoms with Gasteiger partial charge < -0.3 is 5.32 Å². The highest BCUT2D eigenvalue weighted by Crippen LogP contribution is 2.09. The molecule has 0 saturated carbocycles. The molecule has 0 unspecified atom stereocenters. The normalized spacial score (nSPS) is 11.1. The highest BCUT2D eigenvalue weighted by molar-refractivity contribution is 6.30. The van der Waals surface area contributed by atoms with Crippen molar-refractivity contribution in [2.75, 3.05) is 0 Å². The van der Waals surface area contributed by atoms with E-state index in [9.17, 15) is 0 Å². The summed E-state index contributed by atoms with van der Waals surface area (Å²) < 4.78 is 1.93. The summed E-state index contributed by atoms with van der Waals surface area (Å²) in [5.74, 6) is 0.957. The molecule has 0 bridgehead atoms. The molecular weight excluding hydrogens is 248 g/mol. The van der Waals surface area contributed by atoms with Crippen molar-refractivity contribution in [2.45, 2.75) is 33.0 Å². The molecule has 1 heterocycles. The Balaban J connectivity index is 1.88. The van der Waals surface area contributed by atoms with E-state index in [1.54, 1.807) is 6.33 Å². The van der Waals surface area contributed by atoms with Gasteiger partial charge in [-0.05, 0) is 31.5 Å². The van der Waals surface area contributed by atoms with E-state index in [0.717, 1.165) is 17.4 Å². The van der Waals surface area contributed by atoms with E-state index < -0.39 is 0 Å². The predicted molar refractivity (Wildman–Crippen MR) is 72.4 cm³/mol. The van der Waals surface area contributed by atoms with E-state index in [4.69, 9.17) is 11.6 Å². The minimum atomic E-state index is 0.333. The Morgan fingerprint density at radius 3 is 2.61 bits per heavy atom. The molecule has 0 aliphatic rings. The van der Waals surface area contributed by atoms with Gasteiger partial charge in [0.1, 0.15) is 12.2 Å². The molecule has 0 aliphatic heterocycles. The zero-order chi connectivity index (χ0) is 13.0. The van der Waals surface area contributed by atoms with E-state index in [0.29, 0.717) is 12.6 Å². The molecular formula is C13H17ClN4. The van der Waals surface area contributed by atoms with Crippen molar-refractivity contribution < 1.29 is 0 Å². The molecule has 0 saturated heterocycles. The van der Waals surface area contributed by atoms with E-state index in [1.165, 1.54) is 5.56 Å². The number of aromatic nitrogens is 3. The summed E-state index contributed by atoms with van der Waals surface area (Å²) in [4.78, 5) is 4.25. The van der Waals surface area contributed by atoms with Crippen LogP contribution in [-0.2, 0) is 13.1 Å². The van der Waals surface area contributed by atoms with Crippen molar-refractivity contribution in [1.29, 1.82) is 0 Å². The second-order valence-electron chi connectivity index (χ2n) is 4.44. The van der Waals surface area contributed by atoms with E-state index in [1.807, 2.05) is 28.9 Å². The Hall–Kier alpha value is -1.39. The number of nitrogens with zero attached hydrogens (tertiary/aromatic N) is 3. The van der Waals surface area contributed by atoms with Crippen LogP contribution in [0, 0.1) is 0 Å².